The molecule has 3 nitrogen and oxygen atoms in total. The van der Waals surface area contributed by atoms with E-state index in [1.54, 1.807) is 6.20 Å². The molecule has 1 saturated heterocycles. The van der Waals surface area contributed by atoms with Crippen LogP contribution in [0.25, 0.3) is 0 Å². The average molecular weight is 324 g/mol. The zero-order valence-corrected chi connectivity index (χ0v) is 10.5. The highest BCUT2D eigenvalue weighted by atomic mass is 127. The number of hydrogen-bond donors (Lipinski definition) is 2. The summed E-state index contributed by atoms with van der Waals surface area (Å²) in [5.74, 6) is 0. The number of aromatic nitrogens is 1. The van der Waals surface area contributed by atoms with Gasteiger partial charge >= 0.3 is 0 Å². The van der Waals surface area contributed by atoms with Crippen molar-refractivity contribution in [2.45, 2.75) is 6.04 Å². The minimum absolute atomic E-state index is 0.289. The molecule has 0 aliphatic carbocycles. The maximum absolute atomic E-state index is 6.08. The Morgan fingerprint density at radius 1 is 1.50 bits per heavy atom. The average Bonchev–Trinajstić information content (AvgIpc) is 2.19. The molecule has 14 heavy (non-hydrogen) atoms. The van der Waals surface area contributed by atoms with Crippen molar-refractivity contribution < 1.29 is 0 Å². The Balaban J connectivity index is 2.29. The van der Waals surface area contributed by atoms with E-state index in [4.69, 9.17) is 11.6 Å². The van der Waals surface area contributed by atoms with E-state index >= 15 is 0 Å². The molecule has 0 radical (unpaired) electrons. The largest absolute Gasteiger partial charge is 0.314 e. The quantitative estimate of drug-likeness (QED) is 0.608. The number of halogens is 2. The lowest BCUT2D eigenvalue weighted by atomic mass is 10.1. The fraction of sp³-hybridized carbons (Fsp3) is 0.444. The van der Waals surface area contributed by atoms with Crippen molar-refractivity contribution in [3.63, 3.8) is 0 Å². The molecule has 0 unspecified atom stereocenters. The Labute approximate surface area is 102 Å². The zero-order valence-electron chi connectivity index (χ0n) is 7.56. The smallest absolute Gasteiger partial charge is 0.134 e. The molecule has 0 spiro atoms. The van der Waals surface area contributed by atoms with Crippen LogP contribution in [0.3, 0.4) is 0 Å². The van der Waals surface area contributed by atoms with Gasteiger partial charge in [-0.3, -0.25) is 0 Å². The van der Waals surface area contributed by atoms with Gasteiger partial charge in [-0.1, -0.05) is 11.6 Å². The number of rotatable bonds is 1. The summed E-state index contributed by atoms with van der Waals surface area (Å²) in [5.41, 5.74) is 1.11. The van der Waals surface area contributed by atoms with Crippen molar-refractivity contribution in [3.8, 4) is 0 Å². The Morgan fingerprint density at radius 2 is 2.36 bits per heavy atom. The highest BCUT2D eigenvalue weighted by molar-refractivity contribution is 14.1. The standard InChI is InChI=1S/C9H11ClIN3/c10-9-8(6(11)1-2-14-9)7-5-12-3-4-13-7/h1-2,7,12-13H,3-5H2/t7-/m1/s1. The van der Waals surface area contributed by atoms with Gasteiger partial charge in [0.2, 0.25) is 0 Å². The summed E-state index contributed by atoms with van der Waals surface area (Å²) in [5, 5.41) is 7.37. The highest BCUT2D eigenvalue weighted by Gasteiger charge is 2.19. The maximum Gasteiger partial charge on any atom is 0.134 e. The molecular weight excluding hydrogens is 312 g/mol. The van der Waals surface area contributed by atoms with E-state index in [2.05, 4.69) is 38.2 Å². The third-order valence-electron chi connectivity index (χ3n) is 2.28. The summed E-state index contributed by atoms with van der Waals surface area (Å²) in [6, 6.07) is 2.27. The molecule has 2 heterocycles. The SMILES string of the molecule is Clc1nccc(I)c1[C@H]1CNCCN1. The molecule has 5 heteroatoms. The molecule has 1 aliphatic rings. The minimum Gasteiger partial charge on any atom is -0.314 e. The molecule has 0 bridgehead atoms. The van der Waals surface area contributed by atoms with Gasteiger partial charge in [0.05, 0.1) is 0 Å². The van der Waals surface area contributed by atoms with Crippen molar-refractivity contribution in [1.82, 2.24) is 15.6 Å². The Bertz CT molecular complexity index is 306. The third kappa shape index (κ3) is 2.18. The maximum atomic E-state index is 6.08. The van der Waals surface area contributed by atoms with Crippen molar-refractivity contribution in [2.75, 3.05) is 19.6 Å². The van der Waals surface area contributed by atoms with E-state index in [0.717, 1.165) is 25.2 Å². The summed E-state index contributed by atoms with van der Waals surface area (Å²) in [6.07, 6.45) is 1.74. The Morgan fingerprint density at radius 3 is 3.00 bits per heavy atom. The van der Waals surface area contributed by atoms with Crippen LogP contribution in [-0.4, -0.2) is 24.6 Å². The van der Waals surface area contributed by atoms with Crippen molar-refractivity contribution >= 4 is 34.2 Å². The van der Waals surface area contributed by atoms with E-state index in [0.29, 0.717) is 5.15 Å². The molecule has 1 aromatic rings. The van der Waals surface area contributed by atoms with Gasteiger partial charge in [0, 0.05) is 41.0 Å². The zero-order chi connectivity index (χ0) is 9.97. The summed E-state index contributed by atoms with van der Waals surface area (Å²) >= 11 is 8.38. The van der Waals surface area contributed by atoms with Crippen LogP contribution < -0.4 is 10.6 Å². The van der Waals surface area contributed by atoms with Crippen LogP contribution in [0.15, 0.2) is 12.3 Å². The molecule has 0 aromatic carbocycles. The van der Waals surface area contributed by atoms with Crippen molar-refractivity contribution in [3.05, 3.63) is 26.5 Å². The lowest BCUT2D eigenvalue weighted by Crippen LogP contribution is -2.43. The monoisotopic (exact) mass is 323 g/mol. The molecule has 0 saturated carbocycles. The Kier molecular flexibility index (Phi) is 3.59. The summed E-state index contributed by atoms with van der Waals surface area (Å²) in [7, 11) is 0. The van der Waals surface area contributed by atoms with Gasteiger partial charge in [-0.2, -0.15) is 0 Å². The fourth-order valence-electron chi connectivity index (χ4n) is 1.59. The van der Waals surface area contributed by atoms with Crippen molar-refractivity contribution in [1.29, 1.82) is 0 Å². The number of piperazine rings is 1. The van der Waals surface area contributed by atoms with Gasteiger partial charge < -0.3 is 10.6 Å². The van der Waals surface area contributed by atoms with E-state index in [-0.39, 0.29) is 6.04 Å². The van der Waals surface area contributed by atoms with Crippen molar-refractivity contribution in [2.24, 2.45) is 0 Å². The number of nitrogens with one attached hydrogen (secondary N) is 2. The van der Waals surface area contributed by atoms with Gasteiger partial charge in [0.15, 0.2) is 0 Å². The summed E-state index contributed by atoms with van der Waals surface area (Å²) in [4.78, 5) is 4.11. The Hall–Kier alpha value is 0.0900. The first-order chi connectivity index (χ1) is 6.79. The topological polar surface area (TPSA) is 37.0 Å². The molecule has 2 N–H and O–H groups in total. The van der Waals surface area contributed by atoms with Crippen LogP contribution in [0.1, 0.15) is 11.6 Å². The molecular formula is C9H11ClIN3. The van der Waals surface area contributed by atoms with Gasteiger partial charge in [0.1, 0.15) is 5.15 Å². The van der Waals surface area contributed by atoms with Crippen LogP contribution in [0.5, 0.6) is 0 Å². The van der Waals surface area contributed by atoms with E-state index in [1.807, 2.05) is 6.07 Å². The minimum atomic E-state index is 0.289. The lowest BCUT2D eigenvalue weighted by molar-refractivity contribution is 0.428. The molecule has 1 aromatic heterocycles. The van der Waals surface area contributed by atoms with E-state index < -0.39 is 0 Å². The second kappa shape index (κ2) is 4.74. The van der Waals surface area contributed by atoms with Gasteiger partial charge in [-0.05, 0) is 28.7 Å². The number of nitrogens with zero attached hydrogens (tertiary/aromatic N) is 1. The van der Waals surface area contributed by atoms with E-state index in [1.165, 1.54) is 3.57 Å². The predicted octanol–water partition coefficient (Wildman–Crippen LogP) is 1.57. The number of hydrogen-bond acceptors (Lipinski definition) is 3. The molecule has 2 rings (SSSR count). The molecule has 0 amide bonds. The first-order valence-electron chi connectivity index (χ1n) is 4.53. The normalized spacial score (nSPS) is 22.3. The van der Waals surface area contributed by atoms with Crippen LogP contribution in [0.4, 0.5) is 0 Å². The highest BCUT2D eigenvalue weighted by Crippen LogP contribution is 2.26. The number of pyridine rings is 1. The first kappa shape index (κ1) is 10.6. The summed E-state index contributed by atoms with van der Waals surface area (Å²) in [6.45, 7) is 2.92. The van der Waals surface area contributed by atoms with Crippen LogP contribution in [-0.2, 0) is 0 Å². The van der Waals surface area contributed by atoms with Crippen LogP contribution in [0, 0.1) is 3.57 Å². The summed E-state index contributed by atoms with van der Waals surface area (Å²) < 4.78 is 1.17. The van der Waals surface area contributed by atoms with Crippen LogP contribution >= 0.6 is 34.2 Å². The molecule has 76 valence electrons. The second-order valence-electron chi connectivity index (χ2n) is 3.21. The van der Waals surface area contributed by atoms with Gasteiger partial charge in [0.25, 0.3) is 0 Å². The second-order valence-corrected chi connectivity index (χ2v) is 4.73. The van der Waals surface area contributed by atoms with Gasteiger partial charge in [-0.15, -0.1) is 0 Å². The predicted molar refractivity (Wildman–Crippen MR) is 65.6 cm³/mol. The van der Waals surface area contributed by atoms with Crippen LogP contribution in [0.2, 0.25) is 5.15 Å². The molecule has 1 fully saturated rings. The molecule has 1 aliphatic heterocycles. The van der Waals surface area contributed by atoms with Gasteiger partial charge in [-0.25, -0.2) is 4.98 Å². The lowest BCUT2D eigenvalue weighted by Gasteiger charge is -2.26. The molecule has 1 atom stereocenters. The third-order valence-corrected chi connectivity index (χ3v) is 3.52. The van der Waals surface area contributed by atoms with E-state index in [9.17, 15) is 0 Å². The fourth-order valence-corrected chi connectivity index (χ4v) is 2.84. The first-order valence-corrected chi connectivity index (χ1v) is 5.98.